The van der Waals surface area contributed by atoms with Crippen LogP contribution in [0.1, 0.15) is 6.42 Å². The average Bonchev–Trinajstić information content (AvgIpc) is 2.11. The molecule has 0 radical (unpaired) electrons. The summed E-state index contributed by atoms with van der Waals surface area (Å²) in [5.41, 5.74) is 0. The zero-order valence-electron chi connectivity index (χ0n) is 8.38. The first-order chi connectivity index (χ1) is 7.55. The Morgan fingerprint density at radius 3 is 2.41 bits per heavy atom. The Labute approximate surface area is 95.4 Å². The zero-order valence-corrected chi connectivity index (χ0v) is 9.28. The minimum atomic E-state index is -5.11. The van der Waals surface area contributed by atoms with Gasteiger partial charge in [0.2, 0.25) is 5.79 Å². The fraction of sp³-hybridized carbons (Fsp3) is 0.857. The van der Waals surface area contributed by atoms with E-state index in [0.717, 1.165) is 0 Å². The van der Waals surface area contributed by atoms with Crippen molar-refractivity contribution in [2.75, 3.05) is 6.16 Å². The van der Waals surface area contributed by atoms with Gasteiger partial charge in [-0.05, 0) is 0 Å². The van der Waals surface area contributed by atoms with Crippen molar-refractivity contribution in [3.05, 3.63) is 0 Å². The van der Waals surface area contributed by atoms with E-state index in [2.05, 4.69) is 4.74 Å². The maximum atomic E-state index is 10.5. The number of aliphatic hydroxyl groups is 3. The van der Waals surface area contributed by atoms with Gasteiger partial charge >= 0.3 is 0 Å². The number of carbonyl (C=O) groups excluding carboxylic acids is 1. The second-order valence-electron chi connectivity index (χ2n) is 3.78. The molecular formula is C7H10O9P-3. The predicted molar refractivity (Wildman–Crippen MR) is 43.9 cm³/mol. The van der Waals surface area contributed by atoms with Crippen molar-refractivity contribution >= 4 is 13.6 Å². The molecule has 10 heteroatoms. The largest absolute Gasteiger partial charge is 0.811 e. The van der Waals surface area contributed by atoms with Gasteiger partial charge in [-0.2, -0.15) is 0 Å². The molecule has 9 nitrogen and oxygen atoms in total. The first-order valence-corrected chi connectivity index (χ1v) is 6.27. The highest BCUT2D eigenvalue weighted by Crippen LogP contribution is 2.34. The predicted octanol–water partition coefficient (Wildman–Crippen LogP) is -5.15. The van der Waals surface area contributed by atoms with Gasteiger partial charge in [-0.15, -0.1) is 0 Å². The van der Waals surface area contributed by atoms with Gasteiger partial charge in [0.05, 0.1) is 12.2 Å². The van der Waals surface area contributed by atoms with Crippen LogP contribution in [0.25, 0.3) is 0 Å². The number of rotatable bonds is 3. The Balaban J connectivity index is 2.89. The second-order valence-corrected chi connectivity index (χ2v) is 5.37. The molecule has 0 aromatic rings. The van der Waals surface area contributed by atoms with Gasteiger partial charge in [-0.1, -0.05) is 7.60 Å². The molecule has 4 unspecified atom stereocenters. The van der Waals surface area contributed by atoms with E-state index in [1.165, 1.54) is 0 Å². The number of hydrogen-bond acceptors (Lipinski definition) is 9. The Bertz CT molecular complexity index is 351. The van der Waals surface area contributed by atoms with Gasteiger partial charge in [0.25, 0.3) is 0 Å². The van der Waals surface area contributed by atoms with Crippen LogP contribution in [0.15, 0.2) is 0 Å². The molecule has 0 aromatic carbocycles. The number of carboxylic acids is 1. The van der Waals surface area contributed by atoms with E-state index in [4.69, 9.17) is 0 Å². The van der Waals surface area contributed by atoms with Crippen molar-refractivity contribution in [3.8, 4) is 0 Å². The third-order valence-electron chi connectivity index (χ3n) is 2.33. The zero-order chi connectivity index (χ0) is 13.4. The fourth-order valence-electron chi connectivity index (χ4n) is 1.52. The van der Waals surface area contributed by atoms with Crippen LogP contribution >= 0.6 is 7.60 Å². The van der Waals surface area contributed by atoms with E-state index in [1.54, 1.807) is 0 Å². The van der Waals surface area contributed by atoms with E-state index in [-0.39, 0.29) is 0 Å². The monoisotopic (exact) mass is 269 g/mol. The van der Waals surface area contributed by atoms with Crippen LogP contribution in [-0.2, 0) is 14.1 Å². The van der Waals surface area contributed by atoms with Crippen LogP contribution < -0.4 is 14.9 Å². The van der Waals surface area contributed by atoms with E-state index < -0.39 is 50.2 Å². The average molecular weight is 269 g/mol. The lowest BCUT2D eigenvalue weighted by atomic mass is 9.96. The highest BCUT2D eigenvalue weighted by atomic mass is 31.2. The molecule has 0 amide bonds. The first kappa shape index (κ1) is 14.5. The van der Waals surface area contributed by atoms with Gasteiger partial charge in [-0.25, -0.2) is 0 Å². The van der Waals surface area contributed by atoms with Gasteiger partial charge < -0.3 is 44.3 Å². The molecular weight excluding hydrogens is 259 g/mol. The number of aliphatic hydroxyl groups excluding tert-OH is 2. The summed E-state index contributed by atoms with van der Waals surface area (Å²) in [6, 6.07) is 0. The summed E-state index contributed by atoms with van der Waals surface area (Å²) in [5, 5.41) is 38.5. The lowest BCUT2D eigenvalue weighted by Crippen LogP contribution is -2.62. The number of ether oxygens (including phenoxy) is 1. The van der Waals surface area contributed by atoms with Crippen molar-refractivity contribution < 1.29 is 44.3 Å². The smallest absolute Gasteiger partial charge is 0.210 e. The lowest BCUT2D eigenvalue weighted by molar-refractivity contribution is -0.374. The van der Waals surface area contributed by atoms with Gasteiger partial charge in [0.1, 0.15) is 12.1 Å². The maximum absolute atomic E-state index is 10.5. The Hall–Kier alpha value is -0.540. The molecule has 1 aliphatic heterocycles. The second kappa shape index (κ2) is 4.62. The molecule has 1 fully saturated rings. The molecule has 3 N–H and O–H groups in total. The third-order valence-corrected chi connectivity index (χ3v) is 3.14. The quantitative estimate of drug-likeness (QED) is 0.423. The fourth-order valence-corrected chi connectivity index (χ4v) is 2.25. The number of aliphatic carboxylic acids is 1. The van der Waals surface area contributed by atoms with E-state index in [0.29, 0.717) is 0 Å². The van der Waals surface area contributed by atoms with Crippen molar-refractivity contribution in [1.29, 1.82) is 0 Å². The van der Waals surface area contributed by atoms with Gasteiger partial charge in [-0.3, -0.25) is 0 Å². The van der Waals surface area contributed by atoms with Crippen LogP contribution in [0.3, 0.4) is 0 Å². The summed E-state index contributed by atoms with van der Waals surface area (Å²) in [4.78, 5) is 31.5. The highest BCUT2D eigenvalue weighted by molar-refractivity contribution is 7.48. The standard InChI is InChI=1S/C7H13O9P/c8-3-1-7(12,6(10)11)16-4(5(3)9)2-17(13,14)15/h3-5,8-9,12H,1-2H2,(H,10,11)(H2,13,14,15)/p-3. The summed E-state index contributed by atoms with van der Waals surface area (Å²) in [6.07, 6.45) is -7.51. The number of hydrogen-bond donors (Lipinski definition) is 3. The molecule has 0 aliphatic carbocycles. The summed E-state index contributed by atoms with van der Waals surface area (Å²) in [6.45, 7) is 0. The molecule has 0 bridgehead atoms. The molecule has 100 valence electrons. The molecule has 0 saturated carbocycles. The minimum Gasteiger partial charge on any atom is -0.811 e. The van der Waals surface area contributed by atoms with Crippen LogP contribution in [0.2, 0.25) is 0 Å². The summed E-state index contributed by atoms with van der Waals surface area (Å²) >= 11 is 0. The van der Waals surface area contributed by atoms with Crippen LogP contribution in [0, 0.1) is 0 Å². The van der Waals surface area contributed by atoms with Crippen molar-refractivity contribution in [2.45, 2.75) is 30.5 Å². The summed E-state index contributed by atoms with van der Waals surface area (Å²) in [5.74, 6) is -5.03. The summed E-state index contributed by atoms with van der Waals surface area (Å²) in [7, 11) is -5.11. The van der Waals surface area contributed by atoms with E-state index >= 15 is 0 Å². The minimum absolute atomic E-state index is 0.894. The Kier molecular flexibility index (Phi) is 3.94. The molecule has 0 spiro atoms. The lowest BCUT2D eigenvalue weighted by Gasteiger charge is -2.45. The molecule has 0 aromatic heterocycles. The molecule has 1 aliphatic rings. The molecule has 1 heterocycles. The number of carbonyl (C=O) groups is 1. The SMILES string of the molecule is O=C([O-])C1(O)CC(O)C(O)C(CP(=O)([O-])[O-])O1. The van der Waals surface area contributed by atoms with E-state index in [1.807, 2.05) is 0 Å². The molecule has 17 heavy (non-hydrogen) atoms. The van der Waals surface area contributed by atoms with Crippen LogP contribution in [-0.4, -0.2) is 51.5 Å². The van der Waals surface area contributed by atoms with Crippen LogP contribution in [0.5, 0.6) is 0 Å². The van der Waals surface area contributed by atoms with Crippen molar-refractivity contribution in [1.82, 2.24) is 0 Å². The van der Waals surface area contributed by atoms with Crippen molar-refractivity contribution in [2.24, 2.45) is 0 Å². The van der Waals surface area contributed by atoms with Gasteiger partial charge in [0, 0.05) is 12.6 Å². The Morgan fingerprint density at radius 2 is 2.00 bits per heavy atom. The molecule has 4 atom stereocenters. The van der Waals surface area contributed by atoms with Gasteiger partial charge in [0.15, 0.2) is 0 Å². The molecule has 1 rings (SSSR count). The molecule has 1 saturated heterocycles. The normalized spacial score (nSPS) is 39.0. The van der Waals surface area contributed by atoms with E-state index in [9.17, 15) is 39.6 Å². The highest BCUT2D eigenvalue weighted by Gasteiger charge is 2.46. The maximum Gasteiger partial charge on any atom is 0.210 e. The topological polar surface area (TPSA) is 173 Å². The number of carboxylic acid groups (broad SMARTS) is 1. The Morgan fingerprint density at radius 1 is 1.47 bits per heavy atom. The first-order valence-electron chi connectivity index (χ1n) is 4.54. The summed E-state index contributed by atoms with van der Waals surface area (Å²) < 4.78 is 14.9. The third kappa shape index (κ3) is 3.46. The van der Waals surface area contributed by atoms with Crippen molar-refractivity contribution in [3.63, 3.8) is 0 Å². The van der Waals surface area contributed by atoms with Crippen LogP contribution in [0.4, 0.5) is 0 Å².